The number of hydrogen-bond acceptors (Lipinski definition) is 7. The average molecular weight is 396 g/mol. The number of rotatable bonds is 8. The van der Waals surface area contributed by atoms with Crippen molar-refractivity contribution in [2.24, 2.45) is 0 Å². The van der Waals surface area contributed by atoms with Crippen LogP contribution < -0.4 is 14.8 Å². The highest BCUT2D eigenvalue weighted by molar-refractivity contribution is 5.69. The third kappa shape index (κ3) is 4.98. The predicted octanol–water partition coefficient (Wildman–Crippen LogP) is 4.10. The molecule has 0 amide bonds. The summed E-state index contributed by atoms with van der Waals surface area (Å²) < 4.78 is 17.1. The monoisotopic (exact) mass is 396 g/mol. The molecule has 0 spiro atoms. The van der Waals surface area contributed by atoms with E-state index in [1.54, 1.807) is 6.20 Å². The summed E-state index contributed by atoms with van der Waals surface area (Å²) >= 11 is 0. The van der Waals surface area contributed by atoms with Crippen LogP contribution in [0, 0.1) is 0 Å². The van der Waals surface area contributed by atoms with Gasteiger partial charge in [0.2, 0.25) is 5.65 Å². The van der Waals surface area contributed by atoms with E-state index in [0.29, 0.717) is 36.5 Å². The molecule has 0 saturated carbocycles. The van der Waals surface area contributed by atoms with E-state index in [0.717, 1.165) is 44.0 Å². The largest absolute Gasteiger partial charge is 0.494 e. The first-order chi connectivity index (χ1) is 14.2. The second kappa shape index (κ2) is 9.13. The highest BCUT2D eigenvalue weighted by atomic mass is 16.5. The van der Waals surface area contributed by atoms with E-state index in [1.807, 2.05) is 32.0 Å². The summed E-state index contributed by atoms with van der Waals surface area (Å²) in [4.78, 5) is 11.1. The lowest BCUT2D eigenvalue weighted by Gasteiger charge is -2.32. The maximum Gasteiger partial charge on any atom is 0.297 e. The third-order valence-corrected chi connectivity index (χ3v) is 5.05. The van der Waals surface area contributed by atoms with Crippen LogP contribution in [0.1, 0.15) is 32.3 Å². The number of nitrogens with one attached hydrogen (secondary N) is 1. The van der Waals surface area contributed by atoms with Crippen LogP contribution in [-0.2, 0) is 6.54 Å². The molecule has 3 heterocycles. The Morgan fingerprint density at radius 1 is 1.10 bits per heavy atom. The molecule has 7 nitrogen and oxygen atoms in total. The van der Waals surface area contributed by atoms with E-state index in [-0.39, 0.29) is 0 Å². The number of anilines is 1. The number of hydrogen-bond donors (Lipinski definition) is 1. The van der Waals surface area contributed by atoms with Gasteiger partial charge in [-0.05, 0) is 56.5 Å². The minimum Gasteiger partial charge on any atom is -0.494 e. The van der Waals surface area contributed by atoms with E-state index in [1.165, 1.54) is 5.56 Å². The molecule has 1 fully saturated rings. The zero-order chi connectivity index (χ0) is 20.1. The van der Waals surface area contributed by atoms with Gasteiger partial charge >= 0.3 is 0 Å². The molecule has 29 heavy (non-hydrogen) atoms. The summed E-state index contributed by atoms with van der Waals surface area (Å²) in [5.74, 6) is 1.74. The fourth-order valence-electron chi connectivity index (χ4n) is 3.72. The summed E-state index contributed by atoms with van der Waals surface area (Å²) in [6.45, 7) is 8.21. The van der Waals surface area contributed by atoms with Crippen LogP contribution in [0.4, 0.5) is 6.01 Å². The van der Waals surface area contributed by atoms with Gasteiger partial charge in [0.1, 0.15) is 11.5 Å². The minimum atomic E-state index is 0.355. The van der Waals surface area contributed by atoms with Crippen LogP contribution in [0.25, 0.3) is 11.2 Å². The molecule has 1 N–H and O–H groups in total. The van der Waals surface area contributed by atoms with Gasteiger partial charge in [0.15, 0.2) is 5.58 Å². The molecule has 154 valence electrons. The summed E-state index contributed by atoms with van der Waals surface area (Å²) in [7, 11) is 0. The Balaban J connectivity index is 1.33. The van der Waals surface area contributed by atoms with E-state index in [2.05, 4.69) is 32.3 Å². The van der Waals surface area contributed by atoms with Gasteiger partial charge in [-0.2, -0.15) is 4.98 Å². The fourth-order valence-corrected chi connectivity index (χ4v) is 3.72. The van der Waals surface area contributed by atoms with Crippen molar-refractivity contribution < 1.29 is 13.9 Å². The number of pyridine rings is 1. The molecule has 1 saturated heterocycles. The number of oxazole rings is 1. The molecule has 3 aromatic rings. The van der Waals surface area contributed by atoms with Crippen LogP contribution >= 0.6 is 0 Å². The summed E-state index contributed by atoms with van der Waals surface area (Å²) in [5, 5.41) is 3.42. The summed E-state index contributed by atoms with van der Waals surface area (Å²) in [5.41, 5.74) is 2.58. The lowest BCUT2D eigenvalue weighted by Crippen LogP contribution is -2.38. The molecule has 1 aliphatic heterocycles. The quantitative estimate of drug-likeness (QED) is 0.614. The van der Waals surface area contributed by atoms with E-state index >= 15 is 0 Å². The molecular formula is C22H28N4O3. The van der Waals surface area contributed by atoms with Gasteiger partial charge in [0.05, 0.1) is 13.2 Å². The van der Waals surface area contributed by atoms with Crippen LogP contribution in [-0.4, -0.2) is 47.2 Å². The average Bonchev–Trinajstić information content (AvgIpc) is 3.12. The first-order valence-corrected chi connectivity index (χ1v) is 10.3. The van der Waals surface area contributed by atoms with Crippen molar-refractivity contribution in [3.05, 3.63) is 42.1 Å². The Hall–Kier alpha value is -2.80. The molecule has 1 aliphatic rings. The maximum atomic E-state index is 5.74. The molecule has 7 heteroatoms. The molecule has 0 unspecified atom stereocenters. The van der Waals surface area contributed by atoms with Crippen molar-refractivity contribution in [1.29, 1.82) is 0 Å². The van der Waals surface area contributed by atoms with Crippen molar-refractivity contribution in [2.45, 2.75) is 39.3 Å². The standard InChI is InChI=1S/C22H28N4O3/c1-3-27-18-12-16(13-19(14-18)28-4-2)15-26-10-7-17(8-11-26)24-22-25-21-20(29-22)6-5-9-23-21/h5-6,9,12-14,17H,3-4,7-8,10-11,15H2,1-2H3,(H,23,24,25). The van der Waals surface area contributed by atoms with Crippen LogP contribution in [0.3, 0.4) is 0 Å². The molecule has 2 aromatic heterocycles. The van der Waals surface area contributed by atoms with E-state index in [4.69, 9.17) is 13.9 Å². The summed E-state index contributed by atoms with van der Waals surface area (Å²) in [6, 6.07) is 10.8. The van der Waals surface area contributed by atoms with Gasteiger partial charge in [0.25, 0.3) is 6.01 Å². The Labute approximate surface area is 171 Å². The Morgan fingerprint density at radius 3 is 2.48 bits per heavy atom. The number of benzene rings is 1. The lowest BCUT2D eigenvalue weighted by atomic mass is 10.0. The van der Waals surface area contributed by atoms with Crippen LogP contribution in [0.2, 0.25) is 0 Å². The number of likely N-dealkylation sites (tertiary alicyclic amines) is 1. The zero-order valence-electron chi connectivity index (χ0n) is 17.1. The second-order valence-corrected chi connectivity index (χ2v) is 7.22. The fraction of sp³-hybridized carbons (Fsp3) is 0.455. The van der Waals surface area contributed by atoms with Gasteiger partial charge in [-0.3, -0.25) is 4.90 Å². The maximum absolute atomic E-state index is 5.74. The smallest absolute Gasteiger partial charge is 0.297 e. The number of ether oxygens (including phenoxy) is 2. The molecule has 1 aromatic carbocycles. The lowest BCUT2D eigenvalue weighted by molar-refractivity contribution is 0.209. The first-order valence-electron chi connectivity index (χ1n) is 10.3. The topological polar surface area (TPSA) is 72.7 Å². The number of fused-ring (bicyclic) bond motifs is 1. The molecule has 0 bridgehead atoms. The first kappa shape index (κ1) is 19.5. The van der Waals surface area contributed by atoms with Crippen LogP contribution in [0.5, 0.6) is 11.5 Å². The SMILES string of the molecule is CCOc1cc(CN2CCC(Nc3nc4ncccc4o3)CC2)cc(OCC)c1. The number of nitrogens with zero attached hydrogens (tertiary/aromatic N) is 3. The Kier molecular flexibility index (Phi) is 6.14. The van der Waals surface area contributed by atoms with Gasteiger partial charge in [-0.1, -0.05) is 0 Å². The summed E-state index contributed by atoms with van der Waals surface area (Å²) in [6.07, 6.45) is 3.80. The van der Waals surface area contributed by atoms with Crippen molar-refractivity contribution in [3.8, 4) is 11.5 Å². The highest BCUT2D eigenvalue weighted by Gasteiger charge is 2.21. The zero-order valence-corrected chi connectivity index (χ0v) is 17.1. The Morgan fingerprint density at radius 2 is 1.83 bits per heavy atom. The minimum absolute atomic E-state index is 0.355. The number of piperidine rings is 1. The molecule has 0 radical (unpaired) electrons. The predicted molar refractivity (Wildman–Crippen MR) is 113 cm³/mol. The van der Waals surface area contributed by atoms with Crippen molar-refractivity contribution in [2.75, 3.05) is 31.6 Å². The number of aromatic nitrogens is 2. The van der Waals surface area contributed by atoms with Crippen molar-refractivity contribution in [3.63, 3.8) is 0 Å². The third-order valence-electron chi connectivity index (χ3n) is 5.05. The van der Waals surface area contributed by atoms with Gasteiger partial charge in [-0.25, -0.2) is 4.98 Å². The Bertz CT molecular complexity index is 877. The highest BCUT2D eigenvalue weighted by Crippen LogP contribution is 2.26. The second-order valence-electron chi connectivity index (χ2n) is 7.22. The molecule has 0 aliphatic carbocycles. The van der Waals surface area contributed by atoms with Crippen molar-refractivity contribution in [1.82, 2.24) is 14.9 Å². The van der Waals surface area contributed by atoms with E-state index in [9.17, 15) is 0 Å². The molecule has 0 atom stereocenters. The van der Waals surface area contributed by atoms with Gasteiger partial charge in [-0.15, -0.1) is 0 Å². The van der Waals surface area contributed by atoms with E-state index < -0.39 is 0 Å². The van der Waals surface area contributed by atoms with Gasteiger partial charge in [0, 0.05) is 37.9 Å². The van der Waals surface area contributed by atoms with Crippen molar-refractivity contribution >= 4 is 17.2 Å². The van der Waals surface area contributed by atoms with Crippen LogP contribution in [0.15, 0.2) is 40.9 Å². The molecule has 4 rings (SSSR count). The van der Waals surface area contributed by atoms with Gasteiger partial charge < -0.3 is 19.2 Å². The normalized spacial score (nSPS) is 15.5. The molecular weight excluding hydrogens is 368 g/mol.